The molecule has 0 saturated carbocycles. The van der Waals surface area contributed by atoms with Gasteiger partial charge in [-0.15, -0.1) is 13.2 Å². The number of benzene rings is 3. The Morgan fingerprint density at radius 3 is 2.27 bits per heavy atom. The number of fused-ring (bicyclic) bond motifs is 3. The van der Waals surface area contributed by atoms with Crippen molar-refractivity contribution < 1.29 is 27.4 Å². The maximum absolute atomic E-state index is 12.4. The first-order chi connectivity index (χ1) is 15.8. The summed E-state index contributed by atoms with van der Waals surface area (Å²) in [6.07, 6.45) is -2.32. The zero-order valence-electron chi connectivity index (χ0n) is 17.4. The number of amides is 1. The van der Waals surface area contributed by atoms with Crippen LogP contribution in [-0.4, -0.2) is 25.6 Å². The highest BCUT2D eigenvalue weighted by Gasteiger charge is 2.31. The van der Waals surface area contributed by atoms with Gasteiger partial charge in [0.15, 0.2) is 0 Å². The lowest BCUT2D eigenvalue weighted by Gasteiger charge is -2.14. The fourth-order valence-corrected chi connectivity index (χ4v) is 3.87. The minimum absolute atomic E-state index is 0.0464. The number of nitrogen functional groups attached to an aromatic ring is 1. The van der Waals surface area contributed by atoms with Gasteiger partial charge in [-0.05, 0) is 40.5 Å². The van der Waals surface area contributed by atoms with Crippen LogP contribution >= 0.6 is 0 Å². The van der Waals surface area contributed by atoms with Gasteiger partial charge in [-0.25, -0.2) is 4.79 Å². The average Bonchev–Trinajstić information content (AvgIpc) is 3.10. The Labute approximate surface area is 188 Å². The monoisotopic (exact) mass is 454 g/mol. The van der Waals surface area contributed by atoms with E-state index < -0.39 is 12.5 Å². The number of rotatable bonds is 6. The number of ether oxygens (including phenoxy) is 2. The molecule has 8 heteroatoms. The summed E-state index contributed by atoms with van der Waals surface area (Å²) in [5, 5.41) is 2.60. The van der Waals surface area contributed by atoms with Gasteiger partial charge < -0.3 is 20.5 Å². The van der Waals surface area contributed by atoms with Crippen LogP contribution in [0.5, 0.6) is 5.75 Å². The summed E-state index contributed by atoms with van der Waals surface area (Å²) in [5.41, 5.74) is 10.9. The van der Waals surface area contributed by atoms with Crippen molar-refractivity contribution in [3.8, 4) is 16.9 Å². The van der Waals surface area contributed by atoms with E-state index in [2.05, 4.69) is 22.2 Å². The molecule has 0 heterocycles. The van der Waals surface area contributed by atoms with Crippen LogP contribution in [0.3, 0.4) is 0 Å². The van der Waals surface area contributed by atoms with Crippen molar-refractivity contribution in [1.82, 2.24) is 5.32 Å². The number of nitrogens with one attached hydrogen (secondary N) is 1. The predicted molar refractivity (Wildman–Crippen MR) is 120 cm³/mol. The normalized spacial score (nSPS) is 12.9. The molecule has 0 spiro atoms. The molecule has 0 aromatic heterocycles. The molecule has 3 aromatic rings. The van der Waals surface area contributed by atoms with Gasteiger partial charge in [-0.3, -0.25) is 0 Å². The maximum atomic E-state index is 12.4. The van der Waals surface area contributed by atoms with E-state index in [1.54, 1.807) is 6.08 Å². The van der Waals surface area contributed by atoms with Gasteiger partial charge in [0.1, 0.15) is 12.4 Å². The molecule has 0 fully saturated rings. The summed E-state index contributed by atoms with van der Waals surface area (Å²) >= 11 is 0. The third kappa shape index (κ3) is 5.28. The van der Waals surface area contributed by atoms with Crippen molar-refractivity contribution in [2.24, 2.45) is 0 Å². The topological polar surface area (TPSA) is 73.6 Å². The number of halogens is 3. The Bertz CT molecular complexity index is 1150. The Kier molecular flexibility index (Phi) is 6.26. The number of carbonyl (C=O) groups excluding carboxylic acids is 1. The van der Waals surface area contributed by atoms with Gasteiger partial charge in [0.25, 0.3) is 0 Å². The van der Waals surface area contributed by atoms with Gasteiger partial charge in [0.2, 0.25) is 0 Å². The van der Waals surface area contributed by atoms with Crippen molar-refractivity contribution in [2.45, 2.75) is 12.3 Å². The van der Waals surface area contributed by atoms with E-state index >= 15 is 0 Å². The Balaban J connectivity index is 1.32. The standard InChI is InChI=1S/C25H21F3N2O3/c26-25(27,28)33-17-11-12-23(29)16(14-17)6-5-13-30-24(31)32-15-22-20-9-3-1-7-18(20)19-8-2-4-10-21(19)22/h1-12,14,22H,13,15,29H2,(H,30,31). The largest absolute Gasteiger partial charge is 0.573 e. The second kappa shape index (κ2) is 9.28. The molecule has 170 valence electrons. The summed E-state index contributed by atoms with van der Waals surface area (Å²) in [5.74, 6) is -0.421. The van der Waals surface area contributed by atoms with E-state index in [0.717, 1.165) is 28.3 Å². The Morgan fingerprint density at radius 1 is 1.00 bits per heavy atom. The quantitative estimate of drug-likeness (QED) is 0.468. The minimum atomic E-state index is -4.79. The highest BCUT2D eigenvalue weighted by atomic mass is 19.4. The molecule has 0 aliphatic heterocycles. The molecule has 1 aliphatic carbocycles. The van der Waals surface area contributed by atoms with Crippen LogP contribution in [0.25, 0.3) is 17.2 Å². The first kappa shape index (κ1) is 22.3. The number of nitrogens with two attached hydrogens (primary N) is 1. The van der Waals surface area contributed by atoms with Crippen LogP contribution in [-0.2, 0) is 4.74 Å². The molecule has 3 N–H and O–H groups in total. The predicted octanol–water partition coefficient (Wildman–Crippen LogP) is 5.72. The van der Waals surface area contributed by atoms with Gasteiger partial charge in [0, 0.05) is 23.7 Å². The summed E-state index contributed by atoms with van der Waals surface area (Å²) in [6.45, 7) is 0.299. The van der Waals surface area contributed by atoms with Crippen LogP contribution in [0.15, 0.2) is 72.8 Å². The molecule has 0 bridgehead atoms. The number of alkyl carbamates (subject to hydrolysis) is 1. The molecule has 0 radical (unpaired) electrons. The molecule has 1 aliphatic rings. The van der Waals surface area contributed by atoms with Crippen molar-refractivity contribution in [1.29, 1.82) is 0 Å². The number of hydrogen-bond acceptors (Lipinski definition) is 4. The van der Waals surface area contributed by atoms with E-state index in [1.165, 1.54) is 18.2 Å². The van der Waals surface area contributed by atoms with Crippen molar-refractivity contribution in [2.75, 3.05) is 18.9 Å². The molecule has 33 heavy (non-hydrogen) atoms. The summed E-state index contributed by atoms with van der Waals surface area (Å²) in [6, 6.07) is 19.7. The number of anilines is 1. The average molecular weight is 454 g/mol. The van der Waals surface area contributed by atoms with Gasteiger partial charge in [-0.2, -0.15) is 0 Å². The summed E-state index contributed by atoms with van der Waals surface area (Å²) in [4.78, 5) is 12.2. The van der Waals surface area contributed by atoms with E-state index in [4.69, 9.17) is 10.5 Å². The highest BCUT2D eigenvalue weighted by Crippen LogP contribution is 2.44. The van der Waals surface area contributed by atoms with E-state index in [9.17, 15) is 18.0 Å². The number of hydrogen-bond donors (Lipinski definition) is 2. The molecule has 4 rings (SSSR count). The lowest BCUT2D eigenvalue weighted by molar-refractivity contribution is -0.274. The molecule has 0 atom stereocenters. The van der Waals surface area contributed by atoms with Crippen LogP contribution in [0.4, 0.5) is 23.7 Å². The lowest BCUT2D eigenvalue weighted by atomic mass is 9.98. The van der Waals surface area contributed by atoms with Gasteiger partial charge in [0.05, 0.1) is 0 Å². The highest BCUT2D eigenvalue weighted by molar-refractivity contribution is 5.79. The van der Waals surface area contributed by atoms with Crippen LogP contribution in [0, 0.1) is 0 Å². The molecular weight excluding hydrogens is 433 g/mol. The zero-order valence-corrected chi connectivity index (χ0v) is 17.4. The van der Waals surface area contributed by atoms with E-state index in [0.29, 0.717) is 5.56 Å². The fourth-order valence-electron chi connectivity index (χ4n) is 3.87. The number of carbonyl (C=O) groups is 1. The van der Waals surface area contributed by atoms with Gasteiger partial charge in [-0.1, -0.05) is 60.7 Å². The fraction of sp³-hybridized carbons (Fsp3) is 0.160. The van der Waals surface area contributed by atoms with E-state index in [1.807, 2.05) is 36.4 Å². The molecule has 0 saturated heterocycles. The van der Waals surface area contributed by atoms with Gasteiger partial charge >= 0.3 is 12.5 Å². The molecule has 3 aromatic carbocycles. The summed E-state index contributed by atoms with van der Waals surface area (Å²) < 4.78 is 46.5. The van der Waals surface area contributed by atoms with Crippen LogP contribution in [0.1, 0.15) is 22.6 Å². The second-order valence-corrected chi connectivity index (χ2v) is 7.45. The van der Waals surface area contributed by atoms with Crippen LogP contribution < -0.4 is 15.8 Å². The SMILES string of the molecule is Nc1ccc(OC(F)(F)F)cc1C=CCNC(=O)OCC1c2ccccc2-c2ccccc21. The first-order valence-electron chi connectivity index (χ1n) is 10.2. The molecule has 5 nitrogen and oxygen atoms in total. The van der Waals surface area contributed by atoms with Crippen molar-refractivity contribution in [3.63, 3.8) is 0 Å². The Morgan fingerprint density at radius 2 is 1.64 bits per heavy atom. The zero-order chi connectivity index (χ0) is 23.4. The lowest BCUT2D eigenvalue weighted by Crippen LogP contribution is -2.26. The maximum Gasteiger partial charge on any atom is 0.573 e. The smallest absolute Gasteiger partial charge is 0.449 e. The molecule has 1 amide bonds. The number of alkyl halides is 3. The van der Waals surface area contributed by atoms with Crippen molar-refractivity contribution in [3.05, 3.63) is 89.5 Å². The third-order valence-corrected chi connectivity index (χ3v) is 5.30. The third-order valence-electron chi connectivity index (χ3n) is 5.30. The van der Waals surface area contributed by atoms with Crippen molar-refractivity contribution >= 4 is 17.9 Å². The molecule has 0 unspecified atom stereocenters. The molecular formula is C25H21F3N2O3. The second-order valence-electron chi connectivity index (χ2n) is 7.45. The summed E-state index contributed by atoms with van der Waals surface area (Å²) in [7, 11) is 0. The Hall–Kier alpha value is -3.94. The minimum Gasteiger partial charge on any atom is -0.449 e. The van der Waals surface area contributed by atoms with E-state index in [-0.39, 0.29) is 30.5 Å². The van der Waals surface area contributed by atoms with Crippen LogP contribution in [0.2, 0.25) is 0 Å². The first-order valence-corrected chi connectivity index (χ1v) is 10.2.